The third kappa shape index (κ3) is 2.92. The van der Waals surface area contributed by atoms with Crippen LogP contribution in [0.4, 0.5) is 8.78 Å². The van der Waals surface area contributed by atoms with Crippen LogP contribution in [0, 0.1) is 0 Å². The molecule has 2 rings (SSSR count). The van der Waals surface area contributed by atoms with Gasteiger partial charge in [0.25, 0.3) is 12.0 Å². The topological polar surface area (TPSA) is 76.0 Å². The van der Waals surface area contributed by atoms with E-state index in [2.05, 4.69) is 4.98 Å². The number of aromatic nitrogens is 2. The third-order valence-corrected chi connectivity index (χ3v) is 2.97. The van der Waals surface area contributed by atoms with E-state index < -0.39 is 23.4 Å². The highest BCUT2D eigenvalue weighted by Gasteiger charge is 2.16. The number of nitrogens with one attached hydrogen (secondary N) is 1. The summed E-state index contributed by atoms with van der Waals surface area (Å²) in [4.78, 5) is 28.8. The molecule has 0 atom stereocenters. The second-order valence-electron chi connectivity index (χ2n) is 4.48. The average Bonchev–Trinajstić information content (AvgIpc) is 2.37. The molecule has 0 radical (unpaired) electrons. The average molecular weight is 284 g/mol. The number of alkyl halides is 2. The molecule has 0 aliphatic rings. The first kappa shape index (κ1) is 14.4. The smallest absolute Gasteiger partial charge is 0.337 e. The van der Waals surface area contributed by atoms with Crippen molar-refractivity contribution in [3.8, 4) is 0 Å². The molecule has 0 aliphatic heterocycles. The Bertz CT molecular complexity index is 722. The van der Waals surface area contributed by atoms with Gasteiger partial charge in [0.2, 0.25) is 5.71 Å². The van der Waals surface area contributed by atoms with Crippen LogP contribution < -0.4 is 11.2 Å². The predicted octanol–water partition coefficient (Wildman–Crippen LogP) is 2.55. The molecule has 0 aromatic carbocycles. The van der Waals surface area contributed by atoms with Gasteiger partial charge in [0, 0.05) is 6.07 Å². The van der Waals surface area contributed by atoms with Gasteiger partial charge in [-0.3, -0.25) is 4.79 Å². The SMILES string of the molecule is CCCCCc1cc(=O)oc2nc(C(F)F)[nH]c(=O)c12. The number of nitrogens with zero attached hydrogens (tertiary/aromatic N) is 1. The van der Waals surface area contributed by atoms with Crippen molar-refractivity contribution in [3.63, 3.8) is 0 Å². The third-order valence-electron chi connectivity index (χ3n) is 2.97. The highest BCUT2D eigenvalue weighted by molar-refractivity contribution is 5.75. The lowest BCUT2D eigenvalue weighted by atomic mass is 10.1. The van der Waals surface area contributed by atoms with Crippen molar-refractivity contribution in [1.82, 2.24) is 9.97 Å². The molecule has 0 amide bonds. The van der Waals surface area contributed by atoms with Crippen LogP contribution >= 0.6 is 0 Å². The van der Waals surface area contributed by atoms with Crippen molar-refractivity contribution < 1.29 is 13.2 Å². The molecule has 0 spiro atoms. The summed E-state index contributed by atoms with van der Waals surface area (Å²) in [6, 6.07) is 1.22. The minimum atomic E-state index is -2.93. The second-order valence-corrected chi connectivity index (χ2v) is 4.48. The van der Waals surface area contributed by atoms with Crippen LogP contribution in [0.1, 0.15) is 44.0 Å². The summed E-state index contributed by atoms with van der Waals surface area (Å²) in [5.41, 5.74) is -1.25. The summed E-state index contributed by atoms with van der Waals surface area (Å²) in [6.45, 7) is 2.03. The van der Waals surface area contributed by atoms with E-state index in [9.17, 15) is 18.4 Å². The number of hydrogen-bond acceptors (Lipinski definition) is 4. The van der Waals surface area contributed by atoms with Crippen LogP contribution in [-0.4, -0.2) is 9.97 Å². The minimum absolute atomic E-state index is 0.0742. The van der Waals surface area contributed by atoms with Crippen molar-refractivity contribution in [1.29, 1.82) is 0 Å². The van der Waals surface area contributed by atoms with Gasteiger partial charge in [0.15, 0.2) is 5.82 Å². The molecular formula is C13H14F2N2O3. The highest BCUT2D eigenvalue weighted by Crippen LogP contribution is 2.18. The molecule has 108 valence electrons. The van der Waals surface area contributed by atoms with Gasteiger partial charge in [-0.05, 0) is 18.4 Å². The van der Waals surface area contributed by atoms with E-state index >= 15 is 0 Å². The summed E-state index contributed by atoms with van der Waals surface area (Å²) < 4.78 is 29.9. The van der Waals surface area contributed by atoms with E-state index in [1.54, 1.807) is 0 Å². The summed E-state index contributed by atoms with van der Waals surface area (Å²) in [5.74, 6) is -0.795. The number of halogens is 2. The lowest BCUT2D eigenvalue weighted by Crippen LogP contribution is -2.16. The zero-order valence-corrected chi connectivity index (χ0v) is 10.9. The monoisotopic (exact) mass is 284 g/mol. The maximum absolute atomic E-state index is 12.6. The molecule has 0 aliphatic carbocycles. The van der Waals surface area contributed by atoms with E-state index in [1.807, 2.05) is 11.9 Å². The Labute approximate surface area is 112 Å². The molecule has 7 heteroatoms. The van der Waals surface area contributed by atoms with Gasteiger partial charge in [0.1, 0.15) is 5.39 Å². The van der Waals surface area contributed by atoms with Gasteiger partial charge in [-0.25, -0.2) is 13.6 Å². The molecule has 0 bridgehead atoms. The maximum Gasteiger partial charge on any atom is 0.337 e. The Kier molecular flexibility index (Phi) is 4.26. The standard InChI is InChI=1S/C13H14F2N2O3/c1-2-3-4-5-7-6-8(18)20-13-9(7)12(19)16-11(17-13)10(14)15/h6,10H,2-5H2,1H3,(H,16,17,19). The first-order valence-corrected chi connectivity index (χ1v) is 6.38. The number of fused-ring (bicyclic) bond motifs is 1. The lowest BCUT2D eigenvalue weighted by molar-refractivity contribution is 0.140. The maximum atomic E-state index is 12.6. The summed E-state index contributed by atoms with van der Waals surface area (Å²) >= 11 is 0. The Balaban J connectivity index is 2.58. The van der Waals surface area contributed by atoms with Gasteiger partial charge in [-0.1, -0.05) is 19.8 Å². The van der Waals surface area contributed by atoms with Crippen molar-refractivity contribution in [2.24, 2.45) is 0 Å². The fourth-order valence-corrected chi connectivity index (χ4v) is 2.03. The fraction of sp³-hybridized carbons (Fsp3) is 0.462. The van der Waals surface area contributed by atoms with Crippen molar-refractivity contribution >= 4 is 11.1 Å². The number of rotatable bonds is 5. The van der Waals surface area contributed by atoms with Gasteiger partial charge in [-0.2, -0.15) is 4.98 Å². The van der Waals surface area contributed by atoms with Gasteiger partial charge < -0.3 is 9.40 Å². The number of H-pyrrole nitrogens is 1. The Hall–Kier alpha value is -2.05. The van der Waals surface area contributed by atoms with Crippen LogP contribution in [0.25, 0.3) is 11.1 Å². The van der Waals surface area contributed by atoms with Crippen LogP contribution in [0.5, 0.6) is 0 Å². The number of aryl methyl sites for hydroxylation is 1. The zero-order chi connectivity index (χ0) is 14.7. The fourth-order valence-electron chi connectivity index (χ4n) is 2.03. The predicted molar refractivity (Wildman–Crippen MR) is 69.1 cm³/mol. The molecule has 0 unspecified atom stereocenters. The Morgan fingerprint density at radius 1 is 1.35 bits per heavy atom. The van der Waals surface area contributed by atoms with E-state index in [1.165, 1.54) is 6.07 Å². The number of aromatic amines is 1. The van der Waals surface area contributed by atoms with Gasteiger partial charge >= 0.3 is 5.63 Å². The molecule has 0 saturated heterocycles. The molecule has 0 fully saturated rings. The normalized spacial score (nSPS) is 11.4. The largest absolute Gasteiger partial charge is 0.403 e. The molecule has 1 N–H and O–H groups in total. The van der Waals surface area contributed by atoms with E-state index in [4.69, 9.17) is 4.42 Å². The first-order valence-electron chi connectivity index (χ1n) is 6.38. The van der Waals surface area contributed by atoms with Crippen molar-refractivity contribution in [2.75, 3.05) is 0 Å². The molecular weight excluding hydrogens is 270 g/mol. The summed E-state index contributed by atoms with van der Waals surface area (Å²) in [6.07, 6.45) is 0.312. The molecule has 2 aromatic heterocycles. The summed E-state index contributed by atoms with van der Waals surface area (Å²) in [5, 5.41) is 0.0742. The Morgan fingerprint density at radius 3 is 2.75 bits per heavy atom. The number of hydrogen-bond donors (Lipinski definition) is 1. The van der Waals surface area contributed by atoms with Gasteiger partial charge in [0.05, 0.1) is 0 Å². The molecule has 0 saturated carbocycles. The van der Waals surface area contributed by atoms with E-state index in [0.717, 1.165) is 19.3 Å². The lowest BCUT2D eigenvalue weighted by Gasteiger charge is -2.05. The number of unbranched alkanes of at least 4 members (excludes halogenated alkanes) is 2. The van der Waals surface area contributed by atoms with Crippen LogP contribution in [0.2, 0.25) is 0 Å². The second kappa shape index (κ2) is 5.94. The summed E-state index contributed by atoms with van der Waals surface area (Å²) in [7, 11) is 0. The van der Waals surface area contributed by atoms with Crippen LogP contribution in [-0.2, 0) is 6.42 Å². The first-order chi connectivity index (χ1) is 9.52. The highest BCUT2D eigenvalue weighted by atomic mass is 19.3. The van der Waals surface area contributed by atoms with Crippen molar-refractivity contribution in [3.05, 3.63) is 38.2 Å². The van der Waals surface area contributed by atoms with Crippen molar-refractivity contribution in [2.45, 2.75) is 39.0 Å². The minimum Gasteiger partial charge on any atom is -0.403 e. The quantitative estimate of drug-likeness (QED) is 0.856. The molecule has 2 aromatic rings. The van der Waals surface area contributed by atoms with Crippen LogP contribution in [0.15, 0.2) is 20.1 Å². The Morgan fingerprint density at radius 2 is 2.10 bits per heavy atom. The zero-order valence-electron chi connectivity index (χ0n) is 10.9. The van der Waals surface area contributed by atoms with E-state index in [0.29, 0.717) is 12.0 Å². The van der Waals surface area contributed by atoms with E-state index in [-0.39, 0.29) is 11.1 Å². The molecule has 5 nitrogen and oxygen atoms in total. The molecule has 20 heavy (non-hydrogen) atoms. The van der Waals surface area contributed by atoms with Gasteiger partial charge in [-0.15, -0.1) is 0 Å². The van der Waals surface area contributed by atoms with Crippen LogP contribution in [0.3, 0.4) is 0 Å². The molecule has 2 heterocycles.